The number of nitrogens with zero attached hydrogens (tertiary/aromatic N) is 2. The van der Waals surface area contributed by atoms with Crippen molar-refractivity contribution >= 4 is 0 Å². The predicted molar refractivity (Wildman–Crippen MR) is 79.2 cm³/mol. The van der Waals surface area contributed by atoms with Crippen LogP contribution in [-0.4, -0.2) is 55.0 Å². The molecule has 0 aromatic rings. The molecule has 2 rings (SSSR count). The van der Waals surface area contributed by atoms with Crippen molar-refractivity contribution in [1.82, 2.24) is 9.80 Å². The second kappa shape index (κ2) is 6.69. The van der Waals surface area contributed by atoms with E-state index >= 15 is 0 Å². The summed E-state index contributed by atoms with van der Waals surface area (Å²) in [5, 5.41) is 0. The number of hydrogen-bond donors (Lipinski definition) is 0. The number of likely N-dealkylation sites (tertiary alicyclic amines) is 2. The quantitative estimate of drug-likeness (QED) is 0.781. The lowest BCUT2D eigenvalue weighted by atomic mass is 9.85. The van der Waals surface area contributed by atoms with Gasteiger partial charge in [-0.1, -0.05) is 20.3 Å². The SMILES string of the molecule is CCC(C)CC1CCN(C2CCN(C)CC2(F)F)CC1. The molecule has 2 heterocycles. The van der Waals surface area contributed by atoms with Gasteiger partial charge in [0.15, 0.2) is 0 Å². The Morgan fingerprint density at radius 2 is 1.80 bits per heavy atom. The third kappa shape index (κ3) is 3.91. The maximum absolute atomic E-state index is 14.2. The summed E-state index contributed by atoms with van der Waals surface area (Å²) in [4.78, 5) is 3.83. The maximum Gasteiger partial charge on any atom is 0.275 e. The van der Waals surface area contributed by atoms with Crippen LogP contribution in [0.3, 0.4) is 0 Å². The second-order valence-corrected chi connectivity index (χ2v) is 7.03. The first-order valence-electron chi connectivity index (χ1n) is 8.22. The molecular weight excluding hydrogens is 258 g/mol. The first-order chi connectivity index (χ1) is 9.42. The van der Waals surface area contributed by atoms with Crippen LogP contribution in [-0.2, 0) is 0 Å². The molecule has 0 aromatic heterocycles. The first-order valence-corrected chi connectivity index (χ1v) is 8.22. The zero-order valence-corrected chi connectivity index (χ0v) is 13.2. The van der Waals surface area contributed by atoms with E-state index in [1.54, 1.807) is 11.9 Å². The molecular formula is C16H30F2N2. The minimum atomic E-state index is -2.55. The molecule has 2 atom stereocenters. The van der Waals surface area contributed by atoms with E-state index in [0.29, 0.717) is 6.42 Å². The van der Waals surface area contributed by atoms with E-state index in [0.717, 1.165) is 44.3 Å². The zero-order chi connectivity index (χ0) is 14.8. The Labute approximate surface area is 122 Å². The number of piperidine rings is 2. The highest BCUT2D eigenvalue weighted by molar-refractivity contribution is 4.93. The molecule has 2 fully saturated rings. The molecule has 0 N–H and O–H groups in total. The molecule has 4 heteroatoms. The monoisotopic (exact) mass is 288 g/mol. The molecule has 0 radical (unpaired) electrons. The third-order valence-corrected chi connectivity index (χ3v) is 5.28. The minimum Gasteiger partial charge on any atom is -0.300 e. The smallest absolute Gasteiger partial charge is 0.275 e. The Morgan fingerprint density at radius 3 is 2.35 bits per heavy atom. The van der Waals surface area contributed by atoms with Crippen LogP contribution in [0.1, 0.15) is 46.0 Å². The van der Waals surface area contributed by atoms with Gasteiger partial charge in [0.2, 0.25) is 0 Å². The Morgan fingerprint density at radius 1 is 1.15 bits per heavy atom. The molecule has 2 aliphatic rings. The number of rotatable bonds is 4. The van der Waals surface area contributed by atoms with Crippen molar-refractivity contribution in [3.8, 4) is 0 Å². The molecule has 0 aromatic carbocycles. The van der Waals surface area contributed by atoms with Crippen molar-refractivity contribution in [2.24, 2.45) is 11.8 Å². The fourth-order valence-electron chi connectivity index (χ4n) is 3.78. The lowest BCUT2D eigenvalue weighted by Crippen LogP contribution is -2.58. The summed E-state index contributed by atoms with van der Waals surface area (Å²) in [5.74, 6) is -1.02. The van der Waals surface area contributed by atoms with Crippen LogP contribution in [0.25, 0.3) is 0 Å². The van der Waals surface area contributed by atoms with Crippen molar-refractivity contribution in [3.05, 3.63) is 0 Å². The summed E-state index contributed by atoms with van der Waals surface area (Å²) in [6.45, 7) is 6.99. The average molecular weight is 288 g/mol. The van der Waals surface area contributed by atoms with Gasteiger partial charge in [0.25, 0.3) is 5.92 Å². The van der Waals surface area contributed by atoms with Gasteiger partial charge in [-0.05, 0) is 64.2 Å². The van der Waals surface area contributed by atoms with E-state index in [1.807, 2.05) is 0 Å². The maximum atomic E-state index is 14.2. The second-order valence-electron chi connectivity index (χ2n) is 7.03. The van der Waals surface area contributed by atoms with Crippen LogP contribution in [0.2, 0.25) is 0 Å². The summed E-state index contributed by atoms with van der Waals surface area (Å²) in [7, 11) is 1.79. The number of hydrogen-bond acceptors (Lipinski definition) is 2. The number of halogens is 2. The summed E-state index contributed by atoms with van der Waals surface area (Å²) in [6.07, 6.45) is 5.32. The number of alkyl halides is 2. The molecule has 0 saturated carbocycles. The lowest BCUT2D eigenvalue weighted by molar-refractivity contribution is -0.128. The standard InChI is InChI=1S/C16H30F2N2/c1-4-13(2)11-14-5-9-20(10-6-14)15-7-8-19(3)12-16(15,17)18/h13-15H,4-12H2,1-3H3. The average Bonchev–Trinajstić information content (AvgIpc) is 2.39. The highest BCUT2D eigenvalue weighted by atomic mass is 19.3. The Bertz CT molecular complexity index is 301. The largest absolute Gasteiger partial charge is 0.300 e. The molecule has 20 heavy (non-hydrogen) atoms. The third-order valence-electron chi connectivity index (χ3n) is 5.28. The molecule has 0 amide bonds. The summed E-state index contributed by atoms with van der Waals surface area (Å²) < 4.78 is 28.4. The topological polar surface area (TPSA) is 6.48 Å². The van der Waals surface area contributed by atoms with Crippen molar-refractivity contribution in [3.63, 3.8) is 0 Å². The molecule has 2 saturated heterocycles. The van der Waals surface area contributed by atoms with Crippen molar-refractivity contribution < 1.29 is 8.78 Å². The van der Waals surface area contributed by atoms with Gasteiger partial charge < -0.3 is 4.90 Å². The molecule has 0 aliphatic carbocycles. The van der Waals surface area contributed by atoms with Crippen LogP contribution < -0.4 is 0 Å². The fourth-order valence-corrected chi connectivity index (χ4v) is 3.78. The predicted octanol–water partition coefficient (Wildman–Crippen LogP) is 3.47. The lowest BCUT2D eigenvalue weighted by Gasteiger charge is -2.45. The molecule has 2 unspecified atom stereocenters. The molecule has 2 aliphatic heterocycles. The molecule has 0 bridgehead atoms. The molecule has 0 spiro atoms. The molecule has 118 valence electrons. The van der Waals surface area contributed by atoms with Gasteiger partial charge in [-0.3, -0.25) is 4.90 Å². The van der Waals surface area contributed by atoms with Gasteiger partial charge in [0.1, 0.15) is 0 Å². The van der Waals surface area contributed by atoms with Crippen molar-refractivity contribution in [2.45, 2.75) is 57.9 Å². The first kappa shape index (κ1) is 16.2. The van der Waals surface area contributed by atoms with E-state index in [-0.39, 0.29) is 6.54 Å². The summed E-state index contributed by atoms with van der Waals surface area (Å²) >= 11 is 0. The van der Waals surface area contributed by atoms with Crippen molar-refractivity contribution in [1.29, 1.82) is 0 Å². The zero-order valence-electron chi connectivity index (χ0n) is 13.2. The van der Waals surface area contributed by atoms with Crippen LogP contribution >= 0.6 is 0 Å². The van der Waals surface area contributed by atoms with Gasteiger partial charge in [-0.25, -0.2) is 8.78 Å². The highest BCUT2D eigenvalue weighted by Crippen LogP contribution is 2.34. The van der Waals surface area contributed by atoms with Crippen LogP contribution in [0.4, 0.5) is 8.78 Å². The summed E-state index contributed by atoms with van der Waals surface area (Å²) in [5.41, 5.74) is 0. The van der Waals surface area contributed by atoms with E-state index in [2.05, 4.69) is 18.7 Å². The Kier molecular flexibility index (Phi) is 5.41. The van der Waals surface area contributed by atoms with Gasteiger partial charge >= 0.3 is 0 Å². The van der Waals surface area contributed by atoms with E-state index in [9.17, 15) is 8.78 Å². The van der Waals surface area contributed by atoms with Crippen LogP contribution in [0, 0.1) is 11.8 Å². The van der Waals surface area contributed by atoms with Crippen molar-refractivity contribution in [2.75, 3.05) is 33.2 Å². The highest BCUT2D eigenvalue weighted by Gasteiger charge is 2.47. The van der Waals surface area contributed by atoms with Gasteiger partial charge in [-0.15, -0.1) is 0 Å². The van der Waals surface area contributed by atoms with Crippen LogP contribution in [0.15, 0.2) is 0 Å². The molecule has 2 nitrogen and oxygen atoms in total. The van der Waals surface area contributed by atoms with Crippen LogP contribution in [0.5, 0.6) is 0 Å². The normalized spacial score (nSPS) is 31.4. The Balaban J connectivity index is 1.84. The van der Waals surface area contributed by atoms with Gasteiger partial charge in [0.05, 0.1) is 12.6 Å². The minimum absolute atomic E-state index is 0.0789. The van der Waals surface area contributed by atoms with E-state index in [1.165, 1.54) is 12.8 Å². The Hall–Kier alpha value is -0.220. The van der Waals surface area contributed by atoms with E-state index in [4.69, 9.17) is 0 Å². The van der Waals surface area contributed by atoms with Gasteiger partial charge in [-0.2, -0.15) is 0 Å². The fraction of sp³-hybridized carbons (Fsp3) is 1.00. The van der Waals surface area contributed by atoms with E-state index < -0.39 is 12.0 Å². The summed E-state index contributed by atoms with van der Waals surface area (Å²) in [6, 6.07) is -0.525. The van der Waals surface area contributed by atoms with Gasteiger partial charge in [0, 0.05) is 0 Å².